The van der Waals surface area contributed by atoms with Crippen molar-refractivity contribution in [3.05, 3.63) is 0 Å². The Morgan fingerprint density at radius 3 is 1.46 bits per heavy atom. The normalized spacial score (nSPS) is 15.8. The zero-order chi connectivity index (χ0) is 19.0. The Labute approximate surface area is 143 Å². The van der Waals surface area contributed by atoms with Crippen molar-refractivity contribution in [2.75, 3.05) is 13.2 Å². The van der Waals surface area contributed by atoms with E-state index in [0.717, 1.165) is 12.8 Å². The number of carbonyl (C=O) groups is 1. The second-order valence-electron chi connectivity index (χ2n) is 5.75. The van der Waals surface area contributed by atoms with Crippen LogP contribution < -0.4 is 0 Å². The van der Waals surface area contributed by atoms with Crippen LogP contribution in [0.1, 0.15) is 58.3 Å². The molecule has 0 heterocycles. The van der Waals surface area contributed by atoms with Crippen molar-refractivity contribution in [3.63, 3.8) is 0 Å². The van der Waals surface area contributed by atoms with Gasteiger partial charge in [-0.05, 0) is 6.42 Å². The average Bonchev–Trinajstić information content (AvgIpc) is 2.58. The number of hydrogen-bond donors (Lipinski definition) is 7. The van der Waals surface area contributed by atoms with Crippen molar-refractivity contribution in [2.45, 2.75) is 82.7 Å². The van der Waals surface area contributed by atoms with E-state index in [1.54, 1.807) is 0 Å². The zero-order valence-corrected chi connectivity index (χ0v) is 14.4. The van der Waals surface area contributed by atoms with Crippen molar-refractivity contribution < 1.29 is 40.5 Å². The second kappa shape index (κ2) is 17.1. The van der Waals surface area contributed by atoms with E-state index in [1.165, 1.54) is 32.1 Å². The lowest BCUT2D eigenvalue weighted by Crippen LogP contribution is -2.46. The lowest BCUT2D eigenvalue weighted by Gasteiger charge is -2.24. The third-order valence-corrected chi connectivity index (χ3v) is 3.51. The summed E-state index contributed by atoms with van der Waals surface area (Å²) < 4.78 is 0. The molecule has 8 heteroatoms. The van der Waals surface area contributed by atoms with Crippen molar-refractivity contribution in [2.24, 2.45) is 0 Å². The first-order valence-corrected chi connectivity index (χ1v) is 8.47. The number of carboxylic acids is 1. The monoisotopic (exact) mass is 354 g/mol. The fourth-order valence-corrected chi connectivity index (χ4v) is 1.90. The Hall–Kier alpha value is -0.770. The molecule has 0 amide bonds. The molecule has 0 aliphatic heterocycles. The smallest absolute Gasteiger partial charge is 0.303 e. The van der Waals surface area contributed by atoms with Gasteiger partial charge in [-0.1, -0.05) is 45.4 Å². The molecule has 0 aliphatic carbocycles. The molecule has 0 bridgehead atoms. The fourth-order valence-electron chi connectivity index (χ4n) is 1.90. The molecule has 0 spiro atoms. The summed E-state index contributed by atoms with van der Waals surface area (Å²) in [6.45, 7) is 0.747. The van der Waals surface area contributed by atoms with E-state index < -0.39 is 43.6 Å². The van der Waals surface area contributed by atoms with Crippen LogP contribution in [0, 0.1) is 0 Å². The molecule has 24 heavy (non-hydrogen) atoms. The zero-order valence-electron chi connectivity index (χ0n) is 14.4. The summed E-state index contributed by atoms with van der Waals surface area (Å²) in [6.07, 6.45) is 2.25. The molecule has 0 rings (SSSR count). The predicted molar refractivity (Wildman–Crippen MR) is 88.4 cm³/mol. The van der Waals surface area contributed by atoms with Crippen LogP contribution in [-0.4, -0.2) is 79.3 Å². The van der Waals surface area contributed by atoms with Gasteiger partial charge in [0.25, 0.3) is 0 Å². The van der Waals surface area contributed by atoms with E-state index in [1.807, 2.05) is 0 Å². The first kappa shape index (κ1) is 25.5. The lowest BCUT2D eigenvalue weighted by molar-refractivity contribution is -0.137. The molecular formula is C16H34O8. The van der Waals surface area contributed by atoms with Gasteiger partial charge in [0.05, 0.1) is 13.2 Å². The van der Waals surface area contributed by atoms with E-state index in [-0.39, 0.29) is 0 Å². The topological polar surface area (TPSA) is 159 Å². The van der Waals surface area contributed by atoms with Gasteiger partial charge in [0.2, 0.25) is 0 Å². The second-order valence-corrected chi connectivity index (χ2v) is 5.75. The summed E-state index contributed by atoms with van der Waals surface area (Å²) in [5, 5.41) is 60.5. The maximum atomic E-state index is 10.1. The predicted octanol–water partition coefficient (Wildman–Crippen LogP) is -0.374. The number of rotatable bonds is 13. The first-order chi connectivity index (χ1) is 11.3. The summed E-state index contributed by atoms with van der Waals surface area (Å²) in [4.78, 5) is 10.1. The number of aliphatic hydroxyl groups is 6. The number of aliphatic carboxylic acids is 1. The molecule has 0 aromatic rings. The molecule has 0 saturated carbocycles. The Balaban J connectivity index is 0. The van der Waals surface area contributed by atoms with E-state index in [9.17, 15) is 4.79 Å². The van der Waals surface area contributed by atoms with Crippen molar-refractivity contribution in [1.82, 2.24) is 0 Å². The van der Waals surface area contributed by atoms with Crippen molar-refractivity contribution >= 4 is 5.97 Å². The quantitative estimate of drug-likeness (QED) is 0.221. The van der Waals surface area contributed by atoms with E-state index in [0.29, 0.717) is 6.42 Å². The highest BCUT2D eigenvalue weighted by molar-refractivity contribution is 5.66. The number of aliphatic hydroxyl groups excluding tert-OH is 6. The summed E-state index contributed by atoms with van der Waals surface area (Å²) in [7, 11) is 0. The van der Waals surface area contributed by atoms with Gasteiger partial charge in [0.15, 0.2) is 0 Å². The Kier molecular flexibility index (Phi) is 18.1. The molecule has 0 saturated heterocycles. The molecule has 0 fully saturated rings. The van der Waals surface area contributed by atoms with E-state index >= 15 is 0 Å². The van der Waals surface area contributed by atoms with Crippen LogP contribution in [0.5, 0.6) is 0 Å². The van der Waals surface area contributed by atoms with Crippen LogP contribution in [0.15, 0.2) is 0 Å². The van der Waals surface area contributed by atoms with Gasteiger partial charge in [-0.3, -0.25) is 4.79 Å². The fraction of sp³-hybridized carbons (Fsp3) is 0.938. The summed E-state index contributed by atoms with van der Waals surface area (Å²) in [6, 6.07) is 0. The Bertz CT molecular complexity index is 273. The number of unbranched alkanes of at least 4 members (excludes halogenated alkanes) is 6. The van der Waals surface area contributed by atoms with Gasteiger partial charge in [-0.15, -0.1) is 0 Å². The van der Waals surface area contributed by atoms with Crippen molar-refractivity contribution in [3.8, 4) is 0 Å². The lowest BCUT2D eigenvalue weighted by atomic mass is 10.0. The molecule has 0 unspecified atom stereocenters. The largest absolute Gasteiger partial charge is 0.481 e. The third kappa shape index (κ3) is 14.8. The SMILES string of the molecule is CCCCCCCCCC(=O)O.OC[C@@H](O)[C@@H](O)[C@H](O)[C@@H](O)CO. The molecular weight excluding hydrogens is 320 g/mol. The molecule has 4 atom stereocenters. The maximum absolute atomic E-state index is 10.1. The van der Waals surface area contributed by atoms with Gasteiger partial charge in [-0.25, -0.2) is 0 Å². The van der Waals surface area contributed by atoms with Crippen LogP contribution in [0.3, 0.4) is 0 Å². The molecule has 0 radical (unpaired) electrons. The molecule has 0 aromatic heterocycles. The van der Waals surface area contributed by atoms with E-state index in [2.05, 4.69) is 6.92 Å². The van der Waals surface area contributed by atoms with Gasteiger partial charge in [0.1, 0.15) is 24.4 Å². The van der Waals surface area contributed by atoms with Crippen LogP contribution in [0.4, 0.5) is 0 Å². The molecule has 0 aromatic carbocycles. The van der Waals surface area contributed by atoms with Gasteiger partial charge in [-0.2, -0.15) is 0 Å². The van der Waals surface area contributed by atoms with Crippen LogP contribution >= 0.6 is 0 Å². The highest BCUT2D eigenvalue weighted by atomic mass is 16.4. The highest BCUT2D eigenvalue weighted by Gasteiger charge is 2.29. The van der Waals surface area contributed by atoms with Crippen LogP contribution in [0.2, 0.25) is 0 Å². The summed E-state index contributed by atoms with van der Waals surface area (Å²) in [5.41, 5.74) is 0. The summed E-state index contributed by atoms with van der Waals surface area (Å²) >= 11 is 0. The average molecular weight is 354 g/mol. The number of hydrogen-bond acceptors (Lipinski definition) is 7. The van der Waals surface area contributed by atoms with Gasteiger partial charge >= 0.3 is 5.97 Å². The van der Waals surface area contributed by atoms with E-state index in [4.69, 9.17) is 35.7 Å². The van der Waals surface area contributed by atoms with Gasteiger partial charge in [0, 0.05) is 6.42 Å². The minimum absolute atomic E-state index is 0.341. The minimum Gasteiger partial charge on any atom is -0.481 e. The van der Waals surface area contributed by atoms with Crippen LogP contribution in [-0.2, 0) is 4.79 Å². The van der Waals surface area contributed by atoms with Crippen LogP contribution in [0.25, 0.3) is 0 Å². The number of carboxylic acid groups (broad SMARTS) is 1. The highest BCUT2D eigenvalue weighted by Crippen LogP contribution is 2.08. The Morgan fingerprint density at radius 1 is 0.750 bits per heavy atom. The molecule has 0 aliphatic rings. The third-order valence-electron chi connectivity index (χ3n) is 3.51. The Morgan fingerprint density at radius 2 is 1.12 bits per heavy atom. The minimum atomic E-state index is -1.67. The molecule has 7 N–H and O–H groups in total. The van der Waals surface area contributed by atoms with Crippen molar-refractivity contribution in [1.29, 1.82) is 0 Å². The standard InChI is InChI=1S/C10H20O2.C6H14O6/c1-2-3-4-5-6-7-8-9-10(11)12;7-1-3(9)5(11)6(12)4(10)2-8/h2-9H2,1H3,(H,11,12);3-12H,1-2H2/t;3-,4+,5-,6-/m.1/s1. The maximum Gasteiger partial charge on any atom is 0.303 e. The first-order valence-electron chi connectivity index (χ1n) is 8.47. The summed E-state index contributed by atoms with van der Waals surface area (Å²) in [5.74, 6) is -0.663. The van der Waals surface area contributed by atoms with Gasteiger partial charge < -0.3 is 35.7 Å². The molecule has 8 nitrogen and oxygen atoms in total. The molecule has 146 valence electrons.